The molecule has 0 N–H and O–H groups in total. The molecule has 0 amide bonds. The summed E-state index contributed by atoms with van der Waals surface area (Å²) in [7, 11) is 0. The van der Waals surface area contributed by atoms with E-state index in [-0.39, 0.29) is 31.1 Å². The molecule has 0 bridgehead atoms. The molecule has 0 fully saturated rings. The molecular weight excluding hydrogens is 1020 g/mol. The van der Waals surface area contributed by atoms with Gasteiger partial charge in [-0.2, -0.15) is 0 Å². The monoisotopic (exact) mass is 1160 g/mol. The fourth-order valence-corrected chi connectivity index (χ4v) is 10.4. The van der Waals surface area contributed by atoms with Crippen LogP contribution in [0.1, 0.15) is 367 Å². The van der Waals surface area contributed by atoms with E-state index in [0.29, 0.717) is 19.3 Å². The first-order chi connectivity index (χ1) is 41.0. The fraction of sp³-hybridized carbons (Fsp3) is 0.779. The maximum atomic E-state index is 13.0. The maximum Gasteiger partial charge on any atom is 0.306 e. The molecule has 0 rings (SSSR count). The second-order valence-electron chi connectivity index (χ2n) is 24.1. The second kappa shape index (κ2) is 71.1. The minimum atomic E-state index is -0.781. The van der Waals surface area contributed by atoms with Crippen LogP contribution in [0.2, 0.25) is 0 Å². The third kappa shape index (κ3) is 69.3. The van der Waals surface area contributed by atoms with Crippen molar-refractivity contribution < 1.29 is 28.6 Å². The van der Waals surface area contributed by atoms with Gasteiger partial charge in [-0.1, -0.05) is 324 Å². The molecule has 1 unspecified atom stereocenters. The molecule has 0 aliphatic heterocycles. The Morgan fingerprint density at radius 2 is 0.482 bits per heavy atom. The number of hydrogen-bond donors (Lipinski definition) is 0. The summed E-state index contributed by atoms with van der Waals surface area (Å²) in [6.07, 6.45) is 94.8. The Morgan fingerprint density at radius 3 is 0.783 bits per heavy atom. The molecule has 0 aliphatic carbocycles. The van der Waals surface area contributed by atoms with Gasteiger partial charge >= 0.3 is 17.9 Å². The van der Waals surface area contributed by atoms with E-state index >= 15 is 0 Å². The maximum absolute atomic E-state index is 13.0. The minimum Gasteiger partial charge on any atom is -0.462 e. The highest BCUT2D eigenvalue weighted by Crippen LogP contribution is 2.18. The van der Waals surface area contributed by atoms with Crippen LogP contribution in [0.25, 0.3) is 0 Å². The van der Waals surface area contributed by atoms with Gasteiger partial charge < -0.3 is 14.2 Å². The van der Waals surface area contributed by atoms with Gasteiger partial charge in [0.05, 0.1) is 0 Å². The van der Waals surface area contributed by atoms with Crippen LogP contribution >= 0.6 is 0 Å². The zero-order valence-corrected chi connectivity index (χ0v) is 55.2. The third-order valence-electron chi connectivity index (χ3n) is 15.9. The SMILES string of the molecule is CC/C=C\C/C=C\C/C=C\C/C=C\C/C=C\CCCCCCCCCCCCCC(=O)OCC(COC(=O)CCCCCCC/C=C\CCCC)OC(=O)CCCCCCCCCCCCCCCCC/C=C\CCCCCCCCCC. The Labute approximate surface area is 515 Å². The van der Waals surface area contributed by atoms with Gasteiger partial charge in [-0.15, -0.1) is 0 Å². The Hall–Kier alpha value is -3.41. The van der Waals surface area contributed by atoms with Gasteiger partial charge in [0.1, 0.15) is 13.2 Å². The highest BCUT2D eigenvalue weighted by atomic mass is 16.6. The van der Waals surface area contributed by atoms with E-state index < -0.39 is 6.10 Å². The van der Waals surface area contributed by atoms with Crippen molar-refractivity contribution >= 4 is 17.9 Å². The molecule has 6 nitrogen and oxygen atoms in total. The van der Waals surface area contributed by atoms with Gasteiger partial charge in [0, 0.05) is 19.3 Å². The van der Waals surface area contributed by atoms with Crippen LogP contribution in [-0.2, 0) is 28.6 Å². The lowest BCUT2D eigenvalue weighted by molar-refractivity contribution is -0.167. The molecule has 0 aromatic carbocycles. The average Bonchev–Trinajstić information content (AvgIpc) is 3.48. The van der Waals surface area contributed by atoms with Crippen molar-refractivity contribution in [1.82, 2.24) is 0 Å². The lowest BCUT2D eigenvalue weighted by atomic mass is 10.0. The predicted molar refractivity (Wildman–Crippen MR) is 362 cm³/mol. The van der Waals surface area contributed by atoms with Crippen LogP contribution in [-0.4, -0.2) is 37.2 Å². The Morgan fingerprint density at radius 1 is 0.253 bits per heavy atom. The lowest BCUT2D eigenvalue weighted by Gasteiger charge is -2.18. The van der Waals surface area contributed by atoms with Gasteiger partial charge in [-0.3, -0.25) is 14.4 Å². The van der Waals surface area contributed by atoms with E-state index in [0.717, 1.165) is 96.3 Å². The topological polar surface area (TPSA) is 78.9 Å². The van der Waals surface area contributed by atoms with Crippen molar-refractivity contribution in [2.75, 3.05) is 13.2 Å². The highest BCUT2D eigenvalue weighted by Gasteiger charge is 2.19. The molecule has 0 saturated carbocycles. The summed E-state index contributed by atoms with van der Waals surface area (Å²) in [6, 6.07) is 0. The quantitative estimate of drug-likeness (QED) is 0.0261. The summed E-state index contributed by atoms with van der Waals surface area (Å²) in [5.41, 5.74) is 0. The van der Waals surface area contributed by atoms with Gasteiger partial charge in [-0.25, -0.2) is 0 Å². The van der Waals surface area contributed by atoms with Crippen LogP contribution in [0.5, 0.6) is 0 Å². The molecule has 0 radical (unpaired) electrons. The number of esters is 3. The van der Waals surface area contributed by atoms with Crippen LogP contribution < -0.4 is 0 Å². The van der Waals surface area contributed by atoms with E-state index in [4.69, 9.17) is 14.2 Å². The average molecular weight is 1160 g/mol. The Kier molecular flexibility index (Phi) is 68.2. The van der Waals surface area contributed by atoms with E-state index in [1.807, 2.05) is 0 Å². The van der Waals surface area contributed by atoms with Crippen molar-refractivity contribution in [3.8, 4) is 0 Å². The molecule has 83 heavy (non-hydrogen) atoms. The molecule has 1 atom stereocenters. The minimum absolute atomic E-state index is 0.0777. The first-order valence-corrected chi connectivity index (χ1v) is 36.1. The van der Waals surface area contributed by atoms with Crippen molar-refractivity contribution in [1.29, 1.82) is 0 Å². The van der Waals surface area contributed by atoms with Crippen molar-refractivity contribution in [3.63, 3.8) is 0 Å². The van der Waals surface area contributed by atoms with Gasteiger partial charge in [0.25, 0.3) is 0 Å². The number of carbonyl (C=O) groups is 3. The standard InChI is InChI=1S/C77H136O6/c1-4-7-10-13-16-19-22-24-26-28-30-32-34-36-38-40-42-44-46-48-50-52-55-58-61-64-67-70-76(79)82-73-74(72-81-75(78)69-66-63-60-57-54-21-18-15-12-9-6-3)83-77(80)71-68-65-62-59-56-53-51-49-47-45-43-41-39-37-35-33-31-29-27-25-23-20-17-14-11-8-5-2/h7,10,15-16,18-19,24,26,29-32,36,38,74H,4-6,8-9,11-14,17,20-23,25,27-28,33-35,37,39-73H2,1-3H3/b10-7-,18-15-,19-16-,26-24-,31-29-,32-30-,38-36-. The molecule has 0 heterocycles. The molecular formula is C77H136O6. The molecule has 480 valence electrons. The Bertz CT molecular complexity index is 1570. The van der Waals surface area contributed by atoms with Gasteiger partial charge in [0.2, 0.25) is 0 Å². The largest absolute Gasteiger partial charge is 0.462 e. The van der Waals surface area contributed by atoms with Crippen LogP contribution in [0.3, 0.4) is 0 Å². The molecule has 6 heteroatoms. The number of allylic oxidation sites excluding steroid dienone is 14. The van der Waals surface area contributed by atoms with Gasteiger partial charge in [0.15, 0.2) is 6.10 Å². The number of rotatable bonds is 66. The van der Waals surface area contributed by atoms with E-state index in [2.05, 4.69) is 106 Å². The van der Waals surface area contributed by atoms with Crippen LogP contribution in [0, 0.1) is 0 Å². The summed E-state index contributed by atoms with van der Waals surface area (Å²) in [5.74, 6) is -0.872. The summed E-state index contributed by atoms with van der Waals surface area (Å²) >= 11 is 0. The molecule has 0 aromatic heterocycles. The van der Waals surface area contributed by atoms with Crippen LogP contribution in [0.4, 0.5) is 0 Å². The molecule has 0 aromatic rings. The van der Waals surface area contributed by atoms with Crippen LogP contribution in [0.15, 0.2) is 85.1 Å². The zero-order chi connectivity index (χ0) is 59.9. The van der Waals surface area contributed by atoms with Gasteiger partial charge in [-0.05, 0) is 109 Å². The first kappa shape index (κ1) is 79.6. The molecule has 0 saturated heterocycles. The molecule has 0 aliphatic rings. The number of hydrogen-bond acceptors (Lipinski definition) is 6. The van der Waals surface area contributed by atoms with Crippen molar-refractivity contribution in [2.24, 2.45) is 0 Å². The lowest BCUT2D eigenvalue weighted by Crippen LogP contribution is -2.30. The molecule has 0 spiro atoms. The predicted octanol–water partition coefficient (Wildman–Crippen LogP) is 25.0. The summed E-state index contributed by atoms with van der Waals surface area (Å²) < 4.78 is 17.0. The fourth-order valence-electron chi connectivity index (χ4n) is 10.4. The van der Waals surface area contributed by atoms with E-state index in [9.17, 15) is 14.4 Å². The van der Waals surface area contributed by atoms with Crippen molar-refractivity contribution in [2.45, 2.75) is 374 Å². The summed E-state index contributed by atoms with van der Waals surface area (Å²) in [4.78, 5) is 38.4. The third-order valence-corrected chi connectivity index (χ3v) is 15.9. The van der Waals surface area contributed by atoms with E-state index in [1.54, 1.807) is 0 Å². The Balaban J connectivity index is 4.20. The second-order valence-corrected chi connectivity index (χ2v) is 24.1. The number of unbranched alkanes of at least 4 members (excludes halogenated alkanes) is 41. The highest BCUT2D eigenvalue weighted by molar-refractivity contribution is 5.71. The zero-order valence-electron chi connectivity index (χ0n) is 55.2. The van der Waals surface area contributed by atoms with E-state index in [1.165, 1.54) is 231 Å². The smallest absolute Gasteiger partial charge is 0.306 e. The van der Waals surface area contributed by atoms with Crippen molar-refractivity contribution in [3.05, 3.63) is 85.1 Å². The first-order valence-electron chi connectivity index (χ1n) is 36.1. The number of ether oxygens (including phenoxy) is 3. The summed E-state index contributed by atoms with van der Waals surface area (Å²) in [6.45, 7) is 6.53. The number of carbonyl (C=O) groups excluding carboxylic acids is 3. The summed E-state index contributed by atoms with van der Waals surface area (Å²) in [5, 5.41) is 0. The normalized spacial score (nSPS) is 12.6.